The van der Waals surface area contributed by atoms with Crippen molar-refractivity contribution in [2.24, 2.45) is 0 Å². The van der Waals surface area contributed by atoms with Crippen LogP contribution in [0, 0.1) is 11.8 Å². The second-order valence-corrected chi connectivity index (χ2v) is 4.51. The van der Waals surface area contributed by atoms with Gasteiger partial charge in [0, 0.05) is 11.1 Å². The molecule has 18 heavy (non-hydrogen) atoms. The quantitative estimate of drug-likeness (QED) is 0.642. The molecule has 1 saturated carbocycles. The third-order valence-corrected chi connectivity index (χ3v) is 2.97. The fourth-order valence-electron chi connectivity index (χ4n) is 1.83. The molecule has 0 nitrogen and oxygen atoms in total. The van der Waals surface area contributed by atoms with Gasteiger partial charge in [-0.2, -0.15) is 0 Å². The normalized spacial score (nSPS) is 12.6. The summed E-state index contributed by atoms with van der Waals surface area (Å²) in [5.74, 6) is 6.48. The fraction of sp³-hybridized carbons (Fsp3) is 0.111. The fourth-order valence-corrected chi connectivity index (χ4v) is 1.83. The van der Waals surface area contributed by atoms with Crippen molar-refractivity contribution in [1.29, 1.82) is 0 Å². The summed E-state index contributed by atoms with van der Waals surface area (Å²) in [6, 6.07) is 18.5. The zero-order chi connectivity index (χ0) is 12.2. The van der Waals surface area contributed by atoms with Gasteiger partial charge in [0.2, 0.25) is 0 Å². The zero-order valence-electron chi connectivity index (χ0n) is 10.2. The molecule has 1 fully saturated rings. The lowest BCUT2D eigenvalue weighted by atomic mass is 10.1. The molecule has 0 atom stereocenters. The van der Waals surface area contributed by atoms with Crippen molar-refractivity contribution in [1.82, 2.24) is 0 Å². The van der Waals surface area contributed by atoms with Gasteiger partial charge in [-0.3, -0.25) is 0 Å². The van der Waals surface area contributed by atoms with Gasteiger partial charge in [0.05, 0.1) is 0 Å². The number of rotatable bonds is 1. The van der Waals surface area contributed by atoms with E-state index in [1.54, 1.807) is 0 Å². The average Bonchev–Trinajstić information content (AvgIpc) is 3.23. The van der Waals surface area contributed by atoms with E-state index in [-0.39, 0.29) is 0 Å². The van der Waals surface area contributed by atoms with Crippen LogP contribution in [0.15, 0.2) is 60.2 Å². The first-order valence-electron chi connectivity index (χ1n) is 6.27. The predicted molar refractivity (Wildman–Crippen MR) is 76.1 cm³/mol. The van der Waals surface area contributed by atoms with E-state index in [0.717, 1.165) is 11.1 Å². The lowest BCUT2D eigenvalue weighted by Crippen LogP contribution is -1.81. The van der Waals surface area contributed by atoms with Crippen molar-refractivity contribution in [3.8, 4) is 11.8 Å². The molecule has 0 bridgehead atoms. The second kappa shape index (κ2) is 4.94. The van der Waals surface area contributed by atoms with Crippen LogP contribution >= 0.6 is 0 Å². The Labute approximate surface area is 108 Å². The topological polar surface area (TPSA) is 0 Å². The van der Waals surface area contributed by atoms with E-state index in [1.165, 1.54) is 24.0 Å². The van der Waals surface area contributed by atoms with Crippen molar-refractivity contribution < 1.29 is 0 Å². The number of hydrogen-bond donors (Lipinski definition) is 0. The molecule has 3 rings (SSSR count). The molecule has 1 aliphatic rings. The maximum Gasteiger partial charge on any atom is 0.0321 e. The van der Waals surface area contributed by atoms with Crippen molar-refractivity contribution in [2.45, 2.75) is 12.8 Å². The van der Waals surface area contributed by atoms with Crippen molar-refractivity contribution in [3.05, 3.63) is 76.9 Å². The van der Waals surface area contributed by atoms with E-state index in [0.29, 0.717) is 0 Å². The van der Waals surface area contributed by atoms with Gasteiger partial charge in [0.15, 0.2) is 0 Å². The third-order valence-electron chi connectivity index (χ3n) is 2.97. The maximum atomic E-state index is 3.27. The van der Waals surface area contributed by atoms with Crippen molar-refractivity contribution in [2.75, 3.05) is 0 Å². The highest BCUT2D eigenvalue weighted by Crippen LogP contribution is 2.30. The molecular weight excluding hydrogens is 216 g/mol. The minimum atomic E-state index is 1.06. The van der Waals surface area contributed by atoms with Crippen LogP contribution in [0.4, 0.5) is 0 Å². The van der Waals surface area contributed by atoms with Crippen LogP contribution in [0.25, 0.3) is 6.08 Å². The van der Waals surface area contributed by atoms with Crippen LogP contribution in [-0.2, 0) is 0 Å². The van der Waals surface area contributed by atoms with Crippen LogP contribution in [-0.4, -0.2) is 0 Å². The molecule has 0 heterocycles. The van der Waals surface area contributed by atoms with Gasteiger partial charge in [-0.25, -0.2) is 0 Å². The largest absolute Gasteiger partial charge is 0.0689 e. The molecule has 2 aromatic carbocycles. The average molecular weight is 230 g/mol. The molecule has 2 aromatic rings. The molecular formula is C18H14. The second-order valence-electron chi connectivity index (χ2n) is 4.51. The Hall–Kier alpha value is -2.26. The van der Waals surface area contributed by atoms with Crippen molar-refractivity contribution >= 4 is 6.08 Å². The summed E-state index contributed by atoms with van der Waals surface area (Å²) >= 11 is 0. The van der Waals surface area contributed by atoms with Gasteiger partial charge in [-0.05, 0) is 36.6 Å². The van der Waals surface area contributed by atoms with Crippen LogP contribution in [0.2, 0.25) is 0 Å². The van der Waals surface area contributed by atoms with Crippen LogP contribution in [0.3, 0.4) is 0 Å². The van der Waals surface area contributed by atoms with E-state index in [9.17, 15) is 0 Å². The summed E-state index contributed by atoms with van der Waals surface area (Å²) in [4.78, 5) is 0. The molecule has 0 radical (unpaired) electrons. The molecule has 0 N–H and O–H groups in total. The first kappa shape index (κ1) is 10.9. The van der Waals surface area contributed by atoms with E-state index < -0.39 is 0 Å². The van der Waals surface area contributed by atoms with E-state index >= 15 is 0 Å². The highest BCUT2D eigenvalue weighted by atomic mass is 14.2. The first-order chi connectivity index (χ1) is 8.92. The summed E-state index contributed by atoms with van der Waals surface area (Å²) < 4.78 is 0. The van der Waals surface area contributed by atoms with E-state index in [1.807, 2.05) is 36.4 Å². The molecule has 1 aliphatic carbocycles. The SMILES string of the molecule is C(#Cc1ccccc1C=C1CC1)c1ccccc1. The Morgan fingerprint density at radius 2 is 1.50 bits per heavy atom. The van der Waals surface area contributed by atoms with Gasteiger partial charge >= 0.3 is 0 Å². The van der Waals surface area contributed by atoms with E-state index in [2.05, 4.69) is 36.1 Å². The predicted octanol–water partition coefficient (Wildman–Crippen LogP) is 4.26. The number of hydrogen-bond acceptors (Lipinski definition) is 0. The van der Waals surface area contributed by atoms with Crippen LogP contribution in [0.1, 0.15) is 29.5 Å². The highest BCUT2D eigenvalue weighted by Gasteiger charge is 2.10. The molecule has 0 heteroatoms. The van der Waals surface area contributed by atoms with Gasteiger partial charge in [-0.1, -0.05) is 59.9 Å². The van der Waals surface area contributed by atoms with Gasteiger partial charge < -0.3 is 0 Å². The summed E-state index contributed by atoms with van der Waals surface area (Å²) in [5.41, 5.74) is 4.95. The first-order valence-corrected chi connectivity index (χ1v) is 6.27. The molecule has 0 aromatic heterocycles. The zero-order valence-corrected chi connectivity index (χ0v) is 10.2. The Bertz CT molecular complexity index is 630. The lowest BCUT2D eigenvalue weighted by molar-refractivity contribution is 1.50. The lowest BCUT2D eigenvalue weighted by Gasteiger charge is -1.97. The molecule has 86 valence electrons. The van der Waals surface area contributed by atoms with E-state index in [4.69, 9.17) is 0 Å². The molecule has 0 saturated heterocycles. The maximum absolute atomic E-state index is 3.27. The molecule has 0 aliphatic heterocycles. The summed E-state index contributed by atoms with van der Waals surface area (Å²) in [6.45, 7) is 0. The minimum absolute atomic E-state index is 1.06. The summed E-state index contributed by atoms with van der Waals surface area (Å²) in [6.07, 6.45) is 4.77. The number of allylic oxidation sites excluding steroid dienone is 1. The van der Waals surface area contributed by atoms with Crippen molar-refractivity contribution in [3.63, 3.8) is 0 Å². The Morgan fingerprint density at radius 3 is 2.28 bits per heavy atom. The monoisotopic (exact) mass is 230 g/mol. The molecule has 0 amide bonds. The van der Waals surface area contributed by atoms with Gasteiger partial charge in [0.25, 0.3) is 0 Å². The van der Waals surface area contributed by atoms with Crippen LogP contribution in [0.5, 0.6) is 0 Å². The molecule has 0 unspecified atom stereocenters. The van der Waals surface area contributed by atoms with Gasteiger partial charge in [0.1, 0.15) is 0 Å². The standard InChI is InChI=1S/C18H14/c1-2-6-15(7-3-1)12-13-17-8-4-5-9-18(17)14-16-10-11-16/h1-9,14H,10-11H2. The van der Waals surface area contributed by atoms with Gasteiger partial charge in [-0.15, -0.1) is 0 Å². The Balaban J connectivity index is 1.93. The highest BCUT2D eigenvalue weighted by molar-refractivity contribution is 5.63. The third kappa shape index (κ3) is 2.70. The van der Waals surface area contributed by atoms with Crippen LogP contribution < -0.4 is 0 Å². The minimum Gasteiger partial charge on any atom is -0.0689 e. The molecule has 0 spiro atoms. The number of benzene rings is 2. The summed E-state index contributed by atoms with van der Waals surface area (Å²) in [7, 11) is 0. The Morgan fingerprint density at radius 1 is 0.778 bits per heavy atom. The summed E-state index contributed by atoms with van der Waals surface area (Å²) in [5, 5.41) is 0. The Kier molecular flexibility index (Phi) is 2.98. The smallest absolute Gasteiger partial charge is 0.0321 e.